The van der Waals surface area contributed by atoms with Crippen molar-refractivity contribution in [3.05, 3.63) is 23.5 Å². The molecule has 0 aliphatic rings. The number of pyridine rings is 1. The highest BCUT2D eigenvalue weighted by Gasteiger charge is 2.15. The van der Waals surface area contributed by atoms with E-state index < -0.39 is 11.9 Å². The van der Waals surface area contributed by atoms with E-state index in [2.05, 4.69) is 10.3 Å². The topological polar surface area (TPSA) is 77.5 Å². The van der Waals surface area contributed by atoms with Gasteiger partial charge >= 0.3 is 11.9 Å². The largest absolute Gasteiger partial charge is 0.461 e. The van der Waals surface area contributed by atoms with Gasteiger partial charge in [-0.3, -0.25) is 0 Å². The summed E-state index contributed by atoms with van der Waals surface area (Å²) in [7, 11) is 1.68. The minimum absolute atomic E-state index is 0.0757. The van der Waals surface area contributed by atoms with Crippen molar-refractivity contribution in [1.82, 2.24) is 4.98 Å². The molecule has 98 valence electrons. The predicted molar refractivity (Wildman–Crippen MR) is 65.7 cm³/mol. The summed E-state index contributed by atoms with van der Waals surface area (Å²) in [6.07, 6.45) is 0. The molecule has 0 fully saturated rings. The Bertz CT molecular complexity index is 409. The van der Waals surface area contributed by atoms with Gasteiger partial charge in [0.1, 0.15) is 0 Å². The number of carbonyl (C=O) groups is 2. The molecule has 1 N–H and O–H groups in total. The Morgan fingerprint density at radius 3 is 1.89 bits per heavy atom. The zero-order valence-electron chi connectivity index (χ0n) is 10.6. The number of hydrogen-bond donors (Lipinski definition) is 1. The molecule has 0 saturated carbocycles. The Labute approximate surface area is 105 Å². The second kappa shape index (κ2) is 6.58. The zero-order valence-corrected chi connectivity index (χ0v) is 10.6. The van der Waals surface area contributed by atoms with Crippen LogP contribution in [0.5, 0.6) is 0 Å². The van der Waals surface area contributed by atoms with Crippen molar-refractivity contribution >= 4 is 17.6 Å². The highest BCUT2D eigenvalue weighted by atomic mass is 16.5. The molecule has 0 atom stereocenters. The number of nitrogens with zero attached hydrogens (tertiary/aromatic N) is 1. The lowest BCUT2D eigenvalue weighted by atomic mass is 10.2. The maximum Gasteiger partial charge on any atom is 0.357 e. The van der Waals surface area contributed by atoms with Crippen molar-refractivity contribution in [2.24, 2.45) is 0 Å². The Kier molecular flexibility index (Phi) is 5.10. The molecule has 1 aromatic rings. The Morgan fingerprint density at radius 2 is 1.56 bits per heavy atom. The minimum atomic E-state index is -0.569. The van der Waals surface area contributed by atoms with Gasteiger partial charge in [-0.05, 0) is 26.0 Å². The monoisotopic (exact) mass is 252 g/mol. The maximum atomic E-state index is 11.6. The zero-order chi connectivity index (χ0) is 13.5. The lowest BCUT2D eigenvalue weighted by Crippen LogP contribution is -2.13. The first kappa shape index (κ1) is 14.0. The van der Waals surface area contributed by atoms with Crippen molar-refractivity contribution in [1.29, 1.82) is 0 Å². The average Bonchev–Trinajstić information content (AvgIpc) is 2.38. The third-order valence-corrected chi connectivity index (χ3v) is 2.08. The number of ether oxygens (including phenoxy) is 2. The van der Waals surface area contributed by atoms with Crippen molar-refractivity contribution in [3.63, 3.8) is 0 Å². The van der Waals surface area contributed by atoms with Crippen LogP contribution in [0.15, 0.2) is 12.1 Å². The summed E-state index contributed by atoms with van der Waals surface area (Å²) in [6.45, 7) is 3.90. The maximum absolute atomic E-state index is 11.6. The van der Waals surface area contributed by atoms with Gasteiger partial charge < -0.3 is 14.8 Å². The molecule has 0 aromatic carbocycles. The molecular formula is C12H16N2O4. The molecule has 6 heteroatoms. The summed E-state index contributed by atoms with van der Waals surface area (Å²) in [5.41, 5.74) is 0.745. The molecule has 1 rings (SSSR count). The van der Waals surface area contributed by atoms with Crippen LogP contribution in [0.1, 0.15) is 34.8 Å². The van der Waals surface area contributed by atoms with Gasteiger partial charge in [0.2, 0.25) is 0 Å². The smallest absolute Gasteiger partial charge is 0.357 e. The van der Waals surface area contributed by atoms with Crippen LogP contribution < -0.4 is 5.32 Å². The van der Waals surface area contributed by atoms with Crippen LogP contribution in [0.4, 0.5) is 5.69 Å². The van der Waals surface area contributed by atoms with Crippen LogP contribution in [0.2, 0.25) is 0 Å². The number of rotatable bonds is 5. The van der Waals surface area contributed by atoms with Crippen molar-refractivity contribution < 1.29 is 19.1 Å². The molecule has 0 unspecified atom stereocenters. The van der Waals surface area contributed by atoms with Gasteiger partial charge in [0.15, 0.2) is 11.4 Å². The number of anilines is 1. The standard InChI is InChI=1S/C12H16N2O4/c1-4-17-11(15)9-6-8(13-3)7-10(14-9)12(16)18-5-2/h6-7H,4-5H2,1-3H3,(H,13,14). The fourth-order valence-electron chi connectivity index (χ4n) is 1.29. The van der Waals surface area contributed by atoms with E-state index in [0.717, 1.165) is 0 Å². The van der Waals surface area contributed by atoms with E-state index in [9.17, 15) is 9.59 Å². The van der Waals surface area contributed by atoms with Gasteiger partial charge in [-0.25, -0.2) is 14.6 Å². The number of hydrogen-bond acceptors (Lipinski definition) is 6. The van der Waals surface area contributed by atoms with Crippen LogP contribution in [-0.4, -0.2) is 37.2 Å². The molecule has 0 spiro atoms. The van der Waals surface area contributed by atoms with Crippen LogP contribution in [-0.2, 0) is 9.47 Å². The first-order valence-electron chi connectivity index (χ1n) is 5.66. The van der Waals surface area contributed by atoms with Crippen LogP contribution in [0.3, 0.4) is 0 Å². The average molecular weight is 252 g/mol. The summed E-state index contributed by atoms with van der Waals surface area (Å²) in [4.78, 5) is 27.1. The van der Waals surface area contributed by atoms with E-state index in [-0.39, 0.29) is 24.6 Å². The summed E-state index contributed by atoms with van der Waals surface area (Å²) in [5.74, 6) is -1.14. The Hall–Kier alpha value is -2.11. The Morgan fingerprint density at radius 1 is 1.11 bits per heavy atom. The molecule has 0 amide bonds. The first-order chi connectivity index (χ1) is 8.62. The lowest BCUT2D eigenvalue weighted by molar-refractivity contribution is 0.0511. The lowest BCUT2D eigenvalue weighted by Gasteiger charge is -2.07. The van der Waals surface area contributed by atoms with Crippen molar-refractivity contribution in [2.75, 3.05) is 25.6 Å². The molecule has 6 nitrogen and oxygen atoms in total. The predicted octanol–water partition coefficient (Wildman–Crippen LogP) is 1.48. The molecule has 1 aromatic heterocycles. The second-order valence-electron chi connectivity index (χ2n) is 3.32. The second-order valence-corrected chi connectivity index (χ2v) is 3.32. The van der Waals surface area contributed by atoms with E-state index >= 15 is 0 Å². The van der Waals surface area contributed by atoms with E-state index in [1.165, 1.54) is 12.1 Å². The first-order valence-corrected chi connectivity index (χ1v) is 5.66. The molecule has 18 heavy (non-hydrogen) atoms. The summed E-state index contributed by atoms with van der Waals surface area (Å²) >= 11 is 0. The van der Waals surface area contributed by atoms with Crippen molar-refractivity contribution in [2.45, 2.75) is 13.8 Å². The highest BCUT2D eigenvalue weighted by Crippen LogP contribution is 2.13. The molecule has 0 aliphatic carbocycles. The number of carbonyl (C=O) groups excluding carboxylic acids is 2. The summed E-state index contributed by atoms with van der Waals surface area (Å²) < 4.78 is 9.68. The van der Waals surface area contributed by atoms with Gasteiger partial charge in [-0.1, -0.05) is 0 Å². The van der Waals surface area contributed by atoms with E-state index in [4.69, 9.17) is 9.47 Å². The van der Waals surface area contributed by atoms with E-state index in [0.29, 0.717) is 5.69 Å². The van der Waals surface area contributed by atoms with Gasteiger partial charge in [0, 0.05) is 12.7 Å². The summed E-state index contributed by atoms with van der Waals surface area (Å²) in [6, 6.07) is 3.03. The molecule has 0 bridgehead atoms. The van der Waals surface area contributed by atoms with Crippen LogP contribution in [0, 0.1) is 0 Å². The Balaban J connectivity index is 3.08. The third kappa shape index (κ3) is 3.44. The summed E-state index contributed by atoms with van der Waals surface area (Å²) in [5, 5.41) is 2.85. The third-order valence-electron chi connectivity index (χ3n) is 2.08. The SMILES string of the molecule is CCOC(=O)c1cc(NC)cc(C(=O)OCC)n1. The quantitative estimate of drug-likeness (QED) is 0.800. The van der Waals surface area contributed by atoms with Gasteiger partial charge in [0.05, 0.1) is 13.2 Å². The fraction of sp³-hybridized carbons (Fsp3) is 0.417. The highest BCUT2D eigenvalue weighted by molar-refractivity contribution is 5.93. The van der Waals surface area contributed by atoms with Crippen molar-refractivity contribution in [3.8, 4) is 0 Å². The number of nitrogens with one attached hydrogen (secondary N) is 1. The minimum Gasteiger partial charge on any atom is -0.461 e. The van der Waals surface area contributed by atoms with E-state index in [1.54, 1.807) is 20.9 Å². The van der Waals surface area contributed by atoms with Gasteiger partial charge in [-0.15, -0.1) is 0 Å². The molecule has 0 saturated heterocycles. The number of esters is 2. The number of aromatic nitrogens is 1. The van der Waals surface area contributed by atoms with E-state index in [1.807, 2.05) is 0 Å². The molecule has 0 aliphatic heterocycles. The van der Waals surface area contributed by atoms with Gasteiger partial charge in [0.25, 0.3) is 0 Å². The fourth-order valence-corrected chi connectivity index (χ4v) is 1.29. The molecular weight excluding hydrogens is 236 g/mol. The molecule has 1 heterocycles. The van der Waals surface area contributed by atoms with Crippen LogP contribution in [0.25, 0.3) is 0 Å². The normalized spacial score (nSPS) is 9.72. The van der Waals surface area contributed by atoms with Crippen LogP contribution >= 0.6 is 0 Å². The molecule has 0 radical (unpaired) electrons. The van der Waals surface area contributed by atoms with Gasteiger partial charge in [-0.2, -0.15) is 0 Å².